The Morgan fingerprint density at radius 2 is 2.23 bits per heavy atom. The second-order valence-corrected chi connectivity index (χ2v) is 5.59. The molecule has 1 N–H and O–H groups in total. The molecule has 1 aromatic heterocycles. The number of hydrogen-bond donors (Lipinski definition) is 1. The van der Waals surface area contributed by atoms with Crippen LogP contribution in [0.25, 0.3) is 0 Å². The van der Waals surface area contributed by atoms with Crippen LogP contribution >= 0.6 is 15.9 Å². The highest BCUT2D eigenvalue weighted by Crippen LogP contribution is 2.38. The Bertz CT molecular complexity index is 755. The largest absolute Gasteiger partial charge is 0.466 e. The second-order valence-electron chi connectivity index (χ2n) is 4.73. The summed E-state index contributed by atoms with van der Waals surface area (Å²) in [7, 11) is 1.37. The molecule has 0 spiro atoms. The minimum atomic E-state index is -0.441. The number of methoxy groups -OCH3 is 1. The Morgan fingerprint density at radius 3 is 2.91 bits per heavy atom. The van der Waals surface area contributed by atoms with Crippen molar-refractivity contribution in [1.82, 2.24) is 20.2 Å². The van der Waals surface area contributed by atoms with Crippen molar-refractivity contribution in [2.45, 2.75) is 19.4 Å². The van der Waals surface area contributed by atoms with Gasteiger partial charge in [0.15, 0.2) is 0 Å². The summed E-state index contributed by atoms with van der Waals surface area (Å²) >= 11 is 3.54. The topological polar surface area (TPSA) is 81.9 Å². The van der Waals surface area contributed by atoms with Gasteiger partial charge in [0.05, 0.1) is 12.7 Å². The monoisotopic (exact) mass is 363 g/mol. The molecule has 22 heavy (non-hydrogen) atoms. The third-order valence-electron chi connectivity index (χ3n) is 3.56. The Hall–Kier alpha value is -2.22. The van der Waals surface area contributed by atoms with E-state index in [1.165, 1.54) is 7.11 Å². The number of hydrogen-bond acceptors (Lipinski definition) is 6. The summed E-state index contributed by atoms with van der Waals surface area (Å²) in [4.78, 5) is 12.3. The summed E-state index contributed by atoms with van der Waals surface area (Å²) in [6.45, 7) is 1.96. The fraction of sp³-hybridized carbons (Fsp3) is 0.286. The lowest BCUT2D eigenvalue weighted by Gasteiger charge is -2.28. The van der Waals surface area contributed by atoms with Gasteiger partial charge in [0.2, 0.25) is 5.95 Å². The maximum Gasteiger partial charge on any atom is 0.338 e. The molecule has 2 aromatic rings. The van der Waals surface area contributed by atoms with Crippen LogP contribution in [0.1, 0.15) is 24.9 Å². The van der Waals surface area contributed by atoms with Crippen molar-refractivity contribution >= 4 is 27.8 Å². The lowest BCUT2D eigenvalue weighted by atomic mass is 9.94. The fourth-order valence-corrected chi connectivity index (χ4v) is 3.05. The van der Waals surface area contributed by atoms with Gasteiger partial charge in [-0.2, -0.15) is 4.68 Å². The van der Waals surface area contributed by atoms with E-state index in [2.05, 4.69) is 36.8 Å². The molecule has 3 rings (SSSR count). The van der Waals surface area contributed by atoms with E-state index < -0.39 is 12.0 Å². The number of tetrazole rings is 1. The Kier molecular flexibility index (Phi) is 3.93. The number of carbonyl (C=O) groups is 1. The molecule has 0 aliphatic carbocycles. The van der Waals surface area contributed by atoms with Crippen LogP contribution < -0.4 is 5.32 Å². The summed E-state index contributed by atoms with van der Waals surface area (Å²) in [6, 6.07) is 7.23. The van der Waals surface area contributed by atoms with Crippen molar-refractivity contribution < 1.29 is 9.53 Å². The first-order chi connectivity index (χ1) is 10.7. The van der Waals surface area contributed by atoms with Gasteiger partial charge in [-0.15, -0.1) is 0 Å². The van der Waals surface area contributed by atoms with Crippen LogP contribution in [0.3, 0.4) is 0 Å². The summed E-state index contributed by atoms with van der Waals surface area (Å²) in [6.07, 6.45) is 0.637. The predicted molar refractivity (Wildman–Crippen MR) is 83.1 cm³/mol. The zero-order valence-corrected chi connectivity index (χ0v) is 13.7. The molecule has 114 valence electrons. The van der Waals surface area contributed by atoms with Crippen molar-refractivity contribution in [2.75, 3.05) is 12.4 Å². The van der Waals surface area contributed by atoms with Crippen LogP contribution in [0, 0.1) is 0 Å². The summed E-state index contributed by atoms with van der Waals surface area (Å²) in [5, 5.41) is 14.8. The van der Waals surface area contributed by atoms with Gasteiger partial charge >= 0.3 is 5.97 Å². The molecule has 0 saturated carbocycles. The highest BCUT2D eigenvalue weighted by molar-refractivity contribution is 9.10. The molecular formula is C14H14BrN5O2. The maximum atomic E-state index is 12.3. The van der Waals surface area contributed by atoms with Gasteiger partial charge in [-0.3, -0.25) is 0 Å². The fourth-order valence-electron chi connectivity index (χ4n) is 2.55. The van der Waals surface area contributed by atoms with Crippen molar-refractivity contribution in [3.63, 3.8) is 0 Å². The average molecular weight is 364 g/mol. The number of nitrogens with one attached hydrogen (secondary N) is 1. The summed E-state index contributed by atoms with van der Waals surface area (Å²) in [5.41, 5.74) is 2.16. The van der Waals surface area contributed by atoms with Gasteiger partial charge in [0.1, 0.15) is 6.04 Å². The van der Waals surface area contributed by atoms with Gasteiger partial charge < -0.3 is 10.1 Å². The normalized spacial score (nSPS) is 17.0. The number of aromatic nitrogens is 4. The third-order valence-corrected chi connectivity index (χ3v) is 4.28. The lowest BCUT2D eigenvalue weighted by molar-refractivity contribution is -0.136. The number of anilines is 1. The van der Waals surface area contributed by atoms with Crippen molar-refractivity contribution in [3.8, 4) is 0 Å². The quantitative estimate of drug-likeness (QED) is 0.842. The molecule has 0 amide bonds. The first kappa shape index (κ1) is 14.7. The number of allylic oxidation sites excluding steroid dienone is 1. The Labute approximate surface area is 135 Å². The van der Waals surface area contributed by atoms with Crippen LogP contribution in [-0.4, -0.2) is 33.3 Å². The van der Waals surface area contributed by atoms with E-state index >= 15 is 0 Å². The van der Waals surface area contributed by atoms with Crippen LogP contribution in [-0.2, 0) is 9.53 Å². The zero-order valence-electron chi connectivity index (χ0n) is 12.1. The third kappa shape index (κ3) is 2.29. The first-order valence-electron chi connectivity index (χ1n) is 6.78. The van der Waals surface area contributed by atoms with Crippen molar-refractivity contribution in [2.24, 2.45) is 0 Å². The van der Waals surface area contributed by atoms with Gasteiger partial charge in [0.25, 0.3) is 0 Å². The lowest BCUT2D eigenvalue weighted by Crippen LogP contribution is -2.30. The number of halogens is 1. The standard InChI is InChI=1S/C14H14BrN5O2/c1-3-10-11(13(21)22-2)12(8-6-4-5-7-9(8)15)20-14(16-10)17-18-19-20/h4-7,12H,3H2,1-2H3,(H,16,17,19)/t12-/m1/s1. The van der Waals surface area contributed by atoms with Gasteiger partial charge in [-0.1, -0.05) is 46.2 Å². The highest BCUT2D eigenvalue weighted by atomic mass is 79.9. The number of benzene rings is 1. The molecule has 0 bridgehead atoms. The molecule has 0 saturated heterocycles. The van der Waals surface area contributed by atoms with Crippen LogP contribution in [0.15, 0.2) is 40.0 Å². The molecule has 1 aliphatic rings. The van der Waals surface area contributed by atoms with E-state index in [0.717, 1.165) is 15.7 Å². The number of nitrogens with zero attached hydrogens (tertiary/aromatic N) is 4. The van der Waals surface area contributed by atoms with Gasteiger partial charge in [-0.05, 0) is 28.5 Å². The van der Waals surface area contributed by atoms with Crippen LogP contribution in [0.4, 0.5) is 5.95 Å². The van der Waals surface area contributed by atoms with Crippen molar-refractivity contribution in [1.29, 1.82) is 0 Å². The number of fused-ring (bicyclic) bond motifs is 1. The molecule has 1 atom stereocenters. The number of carbonyl (C=O) groups excluding carboxylic acids is 1. The SMILES string of the molecule is CCC1=C(C(=O)OC)[C@@H](c2ccccc2Br)n2nnnc2N1. The smallest absolute Gasteiger partial charge is 0.338 e. The van der Waals surface area contributed by atoms with Crippen molar-refractivity contribution in [3.05, 3.63) is 45.6 Å². The minimum absolute atomic E-state index is 0.397. The van der Waals surface area contributed by atoms with E-state index in [4.69, 9.17) is 4.74 Å². The minimum Gasteiger partial charge on any atom is -0.466 e. The van der Waals surface area contributed by atoms with Crippen LogP contribution in [0.5, 0.6) is 0 Å². The highest BCUT2D eigenvalue weighted by Gasteiger charge is 2.36. The molecular weight excluding hydrogens is 350 g/mol. The average Bonchev–Trinajstić information content (AvgIpc) is 3.01. The molecule has 2 heterocycles. The van der Waals surface area contributed by atoms with Gasteiger partial charge in [-0.25, -0.2) is 4.79 Å². The predicted octanol–water partition coefficient (Wildman–Crippen LogP) is 2.29. The molecule has 1 aliphatic heterocycles. The molecule has 0 radical (unpaired) electrons. The zero-order chi connectivity index (χ0) is 15.7. The van der Waals surface area contributed by atoms with Gasteiger partial charge in [0, 0.05) is 10.2 Å². The number of ether oxygens (including phenoxy) is 1. The number of esters is 1. The summed E-state index contributed by atoms with van der Waals surface area (Å²) in [5.74, 6) is 0.108. The van der Waals surface area contributed by atoms with E-state index in [1.807, 2.05) is 31.2 Å². The first-order valence-corrected chi connectivity index (χ1v) is 7.57. The van der Waals surface area contributed by atoms with E-state index in [1.54, 1.807) is 4.68 Å². The Balaban J connectivity index is 2.25. The molecule has 0 unspecified atom stereocenters. The molecule has 7 nitrogen and oxygen atoms in total. The molecule has 1 aromatic carbocycles. The van der Waals surface area contributed by atoms with E-state index in [-0.39, 0.29) is 0 Å². The van der Waals surface area contributed by atoms with Crippen LogP contribution in [0.2, 0.25) is 0 Å². The second kappa shape index (κ2) is 5.88. The number of rotatable bonds is 3. The maximum absolute atomic E-state index is 12.3. The Morgan fingerprint density at radius 1 is 1.45 bits per heavy atom. The molecule has 8 heteroatoms. The van der Waals surface area contributed by atoms with E-state index in [0.29, 0.717) is 17.9 Å². The molecule has 0 fully saturated rings. The summed E-state index contributed by atoms with van der Waals surface area (Å²) < 4.78 is 7.43. The van der Waals surface area contributed by atoms with E-state index in [9.17, 15) is 4.79 Å².